The number of halogens is 1. The molecule has 26 heavy (non-hydrogen) atoms. The van der Waals surface area contributed by atoms with E-state index < -0.39 is 0 Å². The highest BCUT2D eigenvalue weighted by Crippen LogP contribution is 2.25. The van der Waals surface area contributed by atoms with Crippen molar-refractivity contribution in [1.29, 1.82) is 0 Å². The minimum absolute atomic E-state index is 0.360. The maximum absolute atomic E-state index is 5.98. The zero-order valence-corrected chi connectivity index (χ0v) is 15.8. The summed E-state index contributed by atoms with van der Waals surface area (Å²) >= 11 is 11.0. The van der Waals surface area contributed by atoms with Gasteiger partial charge in [0.1, 0.15) is 24.4 Å². The number of ether oxygens (including phenoxy) is 2. The lowest BCUT2D eigenvalue weighted by Gasteiger charge is -2.13. The van der Waals surface area contributed by atoms with Crippen LogP contribution in [0.1, 0.15) is 16.7 Å². The number of aromatic nitrogens is 3. The van der Waals surface area contributed by atoms with Crippen LogP contribution in [0.4, 0.5) is 0 Å². The molecular weight excluding hydrogens is 372 g/mol. The maximum Gasteiger partial charge on any atom is 0.216 e. The Labute approximate surface area is 161 Å². The first-order valence-corrected chi connectivity index (χ1v) is 8.57. The van der Waals surface area contributed by atoms with E-state index in [0.717, 1.165) is 28.2 Å². The highest BCUT2D eigenvalue weighted by atomic mass is 35.5. The lowest BCUT2D eigenvalue weighted by atomic mass is 10.1. The molecule has 134 valence electrons. The average molecular weight is 389 g/mol. The Hall–Kier alpha value is -2.64. The molecule has 0 bridgehead atoms. The molecule has 0 amide bonds. The molecule has 0 atom stereocenters. The van der Waals surface area contributed by atoms with E-state index in [1.807, 2.05) is 37.3 Å². The van der Waals surface area contributed by atoms with Crippen LogP contribution in [0.3, 0.4) is 0 Å². The summed E-state index contributed by atoms with van der Waals surface area (Å²) in [5.41, 5.74) is 2.77. The van der Waals surface area contributed by atoms with Crippen LogP contribution in [0, 0.1) is 11.7 Å². The summed E-state index contributed by atoms with van der Waals surface area (Å²) in [4.78, 5) is 0. The van der Waals surface area contributed by atoms with Crippen molar-refractivity contribution >= 4 is 30.0 Å². The molecule has 0 aliphatic carbocycles. The molecular formula is C18H17ClN4O2S. The second-order valence-electron chi connectivity index (χ2n) is 5.52. The van der Waals surface area contributed by atoms with E-state index in [1.165, 1.54) is 11.0 Å². The summed E-state index contributed by atoms with van der Waals surface area (Å²) in [7, 11) is 1.63. The molecule has 0 fully saturated rings. The molecule has 8 heteroatoms. The second kappa shape index (κ2) is 8.16. The van der Waals surface area contributed by atoms with E-state index in [-0.39, 0.29) is 0 Å². The van der Waals surface area contributed by atoms with E-state index in [2.05, 4.69) is 15.3 Å². The third-order valence-electron chi connectivity index (χ3n) is 3.69. The first-order chi connectivity index (χ1) is 12.6. The molecule has 3 aromatic rings. The van der Waals surface area contributed by atoms with Crippen molar-refractivity contribution in [2.45, 2.75) is 13.5 Å². The van der Waals surface area contributed by atoms with E-state index in [0.29, 0.717) is 16.4 Å². The van der Waals surface area contributed by atoms with Gasteiger partial charge in [0, 0.05) is 10.6 Å². The molecule has 0 aliphatic rings. The van der Waals surface area contributed by atoms with Gasteiger partial charge in [-0.2, -0.15) is 14.9 Å². The van der Waals surface area contributed by atoms with Crippen molar-refractivity contribution in [3.8, 4) is 11.5 Å². The number of methoxy groups -OCH3 is 1. The topological polar surface area (TPSA) is 64.4 Å². The normalized spacial score (nSPS) is 11.0. The Bertz CT molecular complexity index is 997. The minimum Gasteiger partial charge on any atom is -0.496 e. The molecule has 0 radical (unpaired) electrons. The molecule has 1 heterocycles. The predicted molar refractivity (Wildman–Crippen MR) is 104 cm³/mol. The SMILES string of the molecule is COc1ccc(/C=N\n2cn[nH]c2=S)cc1COc1ccc(Cl)cc1C. The van der Waals surface area contributed by atoms with Gasteiger partial charge in [0.2, 0.25) is 4.77 Å². The first-order valence-electron chi connectivity index (χ1n) is 7.79. The van der Waals surface area contributed by atoms with Crippen LogP contribution >= 0.6 is 23.8 Å². The van der Waals surface area contributed by atoms with Gasteiger partial charge in [-0.3, -0.25) is 5.10 Å². The van der Waals surface area contributed by atoms with Gasteiger partial charge in [-0.1, -0.05) is 11.6 Å². The molecule has 1 N–H and O–H groups in total. The molecule has 0 saturated heterocycles. The first kappa shape index (κ1) is 18.2. The molecule has 0 spiro atoms. The number of aromatic amines is 1. The van der Waals surface area contributed by atoms with Gasteiger partial charge >= 0.3 is 0 Å². The van der Waals surface area contributed by atoms with Crippen LogP contribution in [0.2, 0.25) is 5.02 Å². The van der Waals surface area contributed by atoms with Crippen LogP contribution in [0.25, 0.3) is 0 Å². The smallest absolute Gasteiger partial charge is 0.216 e. The Morgan fingerprint density at radius 2 is 2.08 bits per heavy atom. The number of nitrogens with zero attached hydrogens (tertiary/aromatic N) is 3. The Kier molecular flexibility index (Phi) is 5.70. The maximum atomic E-state index is 5.98. The predicted octanol–water partition coefficient (Wildman–Crippen LogP) is 4.37. The Morgan fingerprint density at radius 3 is 2.77 bits per heavy atom. The van der Waals surface area contributed by atoms with Crippen molar-refractivity contribution in [3.63, 3.8) is 0 Å². The van der Waals surface area contributed by atoms with Crippen molar-refractivity contribution in [1.82, 2.24) is 14.9 Å². The standard InChI is InChI=1S/C18H17ClN4O2S/c1-12-7-15(19)4-6-16(12)25-10-14-8-13(3-5-17(14)24-2)9-21-23-11-20-22-18(23)26/h3-9,11H,10H2,1-2H3,(H,22,26)/b21-9-. The number of rotatable bonds is 6. The minimum atomic E-state index is 0.360. The largest absolute Gasteiger partial charge is 0.496 e. The van der Waals surface area contributed by atoms with Crippen molar-refractivity contribution < 1.29 is 9.47 Å². The van der Waals surface area contributed by atoms with Crippen LogP contribution in [-0.2, 0) is 6.61 Å². The fourth-order valence-corrected chi connectivity index (χ4v) is 2.75. The number of nitrogens with one attached hydrogen (secondary N) is 1. The number of hydrogen-bond acceptors (Lipinski definition) is 5. The van der Waals surface area contributed by atoms with Gasteiger partial charge in [-0.15, -0.1) is 0 Å². The molecule has 2 aromatic carbocycles. The van der Waals surface area contributed by atoms with Crippen molar-refractivity contribution in [2.75, 3.05) is 7.11 Å². The molecule has 0 aliphatic heterocycles. The average Bonchev–Trinajstić information content (AvgIpc) is 3.04. The third-order valence-corrected chi connectivity index (χ3v) is 4.20. The van der Waals surface area contributed by atoms with Gasteiger partial charge in [0.05, 0.1) is 13.3 Å². The monoisotopic (exact) mass is 388 g/mol. The van der Waals surface area contributed by atoms with Gasteiger partial charge in [-0.25, -0.2) is 0 Å². The summed E-state index contributed by atoms with van der Waals surface area (Å²) < 4.78 is 13.3. The molecule has 0 unspecified atom stereocenters. The Morgan fingerprint density at radius 1 is 1.27 bits per heavy atom. The third kappa shape index (κ3) is 4.30. The van der Waals surface area contributed by atoms with Gasteiger partial charge in [-0.05, 0) is 66.7 Å². The number of hydrogen-bond donors (Lipinski definition) is 1. The Balaban J connectivity index is 1.80. The van der Waals surface area contributed by atoms with Crippen molar-refractivity contribution in [3.05, 3.63) is 69.2 Å². The zero-order valence-electron chi connectivity index (χ0n) is 14.3. The molecule has 3 rings (SSSR count). The second-order valence-corrected chi connectivity index (χ2v) is 6.34. The van der Waals surface area contributed by atoms with Gasteiger partial charge < -0.3 is 9.47 Å². The number of aryl methyl sites for hydroxylation is 1. The van der Waals surface area contributed by atoms with Crippen molar-refractivity contribution in [2.24, 2.45) is 5.10 Å². The van der Waals surface area contributed by atoms with Gasteiger partial charge in [0.25, 0.3) is 0 Å². The van der Waals surface area contributed by atoms with E-state index in [1.54, 1.807) is 19.4 Å². The van der Waals surface area contributed by atoms with Gasteiger partial charge in [0.15, 0.2) is 0 Å². The summed E-state index contributed by atoms with van der Waals surface area (Å²) in [6, 6.07) is 11.3. The van der Waals surface area contributed by atoms with Crippen LogP contribution in [0.5, 0.6) is 11.5 Å². The molecule has 1 aromatic heterocycles. The fraction of sp³-hybridized carbons (Fsp3) is 0.167. The lowest BCUT2D eigenvalue weighted by Crippen LogP contribution is -2.01. The summed E-state index contributed by atoms with van der Waals surface area (Å²) in [5, 5.41) is 11.4. The zero-order chi connectivity index (χ0) is 18.5. The highest BCUT2D eigenvalue weighted by Gasteiger charge is 2.07. The quantitative estimate of drug-likeness (QED) is 0.503. The lowest BCUT2D eigenvalue weighted by molar-refractivity contribution is 0.295. The van der Waals surface area contributed by atoms with E-state index in [9.17, 15) is 0 Å². The number of H-pyrrole nitrogens is 1. The van der Waals surface area contributed by atoms with Crippen LogP contribution in [0.15, 0.2) is 47.8 Å². The van der Waals surface area contributed by atoms with E-state index >= 15 is 0 Å². The summed E-state index contributed by atoms with van der Waals surface area (Å²) in [6.07, 6.45) is 3.21. The molecule has 6 nitrogen and oxygen atoms in total. The molecule has 0 saturated carbocycles. The summed E-state index contributed by atoms with van der Waals surface area (Å²) in [5.74, 6) is 1.52. The summed E-state index contributed by atoms with van der Waals surface area (Å²) in [6.45, 7) is 2.31. The number of benzene rings is 2. The van der Waals surface area contributed by atoms with E-state index in [4.69, 9.17) is 33.3 Å². The van der Waals surface area contributed by atoms with Crippen LogP contribution < -0.4 is 9.47 Å². The fourth-order valence-electron chi connectivity index (χ4n) is 2.38. The highest BCUT2D eigenvalue weighted by molar-refractivity contribution is 7.71. The van der Waals surface area contributed by atoms with Crippen LogP contribution in [-0.4, -0.2) is 28.2 Å².